The van der Waals surface area contributed by atoms with Gasteiger partial charge in [-0.05, 0) is 117 Å². The van der Waals surface area contributed by atoms with Crippen LogP contribution in [-0.2, 0) is 32.1 Å². The number of ether oxygens (including phenoxy) is 4. The summed E-state index contributed by atoms with van der Waals surface area (Å²) in [5.41, 5.74) is 6.57. The van der Waals surface area contributed by atoms with Gasteiger partial charge in [0.15, 0.2) is 11.5 Å². The lowest BCUT2D eigenvalue weighted by molar-refractivity contribution is 0.273. The molecule has 4 aromatic carbocycles. The minimum absolute atomic E-state index is 0.786. The topological polar surface area (TPSA) is 52.2 Å². The smallest absolute Gasteiger partial charge is 0.164 e. The van der Waals surface area contributed by atoms with E-state index in [0.717, 1.165) is 87.8 Å². The van der Waals surface area contributed by atoms with Crippen LogP contribution in [0.2, 0.25) is 0 Å². The number of methoxy groups -OCH3 is 4. The molecule has 0 amide bonds. The number of nitrogens with one attached hydrogen (secondary N) is 1. The van der Waals surface area contributed by atoms with Crippen molar-refractivity contribution in [3.8, 4) is 23.0 Å². The Morgan fingerprint density at radius 1 is 0.500 bits per heavy atom. The number of hydrogen-bond acceptors (Lipinski definition) is 6. The second kappa shape index (κ2) is 21.1. The lowest BCUT2D eigenvalue weighted by Crippen LogP contribution is -2.29. The predicted molar refractivity (Wildman–Crippen MR) is 198 cm³/mol. The fraction of sp³-hybridized carbons (Fsp3) is 0.429. The molecule has 0 spiro atoms. The molecule has 48 heavy (non-hydrogen) atoms. The molecule has 0 unspecified atom stereocenters. The van der Waals surface area contributed by atoms with Gasteiger partial charge in [-0.1, -0.05) is 73.5 Å². The molecule has 0 aliphatic rings. The third-order valence-electron chi connectivity index (χ3n) is 9.13. The maximum atomic E-state index is 5.85. The molecule has 0 fully saturated rings. The molecule has 0 aromatic heterocycles. The summed E-state index contributed by atoms with van der Waals surface area (Å²) in [6.45, 7) is 5.31. The minimum Gasteiger partial charge on any atom is -0.497 e. The zero-order valence-electron chi connectivity index (χ0n) is 29.6. The van der Waals surface area contributed by atoms with Gasteiger partial charge in [0.25, 0.3) is 0 Å². The van der Waals surface area contributed by atoms with E-state index in [1.807, 2.05) is 18.2 Å². The van der Waals surface area contributed by atoms with Crippen LogP contribution < -0.4 is 24.3 Å². The molecule has 6 heteroatoms. The summed E-state index contributed by atoms with van der Waals surface area (Å²) in [7, 11) is 6.87. The molecule has 1 N–H and O–H groups in total. The first-order chi connectivity index (χ1) is 23.6. The highest BCUT2D eigenvalue weighted by molar-refractivity contribution is 5.51. The summed E-state index contributed by atoms with van der Waals surface area (Å²) >= 11 is 0. The van der Waals surface area contributed by atoms with Crippen LogP contribution in [0.25, 0.3) is 0 Å². The van der Waals surface area contributed by atoms with Gasteiger partial charge in [-0.2, -0.15) is 0 Å². The number of rotatable bonds is 23. The van der Waals surface area contributed by atoms with E-state index in [1.54, 1.807) is 28.4 Å². The number of unbranched alkanes of at least 4 members (excludes halogenated alkanes) is 3. The monoisotopic (exact) mass is 652 g/mol. The number of benzene rings is 4. The Morgan fingerprint density at radius 2 is 1.21 bits per heavy atom. The van der Waals surface area contributed by atoms with Crippen molar-refractivity contribution in [3.63, 3.8) is 0 Å². The summed E-state index contributed by atoms with van der Waals surface area (Å²) < 4.78 is 22.2. The molecule has 4 rings (SSSR count). The number of hydrogen-bond donors (Lipinski definition) is 1. The van der Waals surface area contributed by atoms with Crippen molar-refractivity contribution >= 4 is 0 Å². The van der Waals surface area contributed by atoms with E-state index in [0.29, 0.717) is 0 Å². The van der Waals surface area contributed by atoms with E-state index in [9.17, 15) is 0 Å². The van der Waals surface area contributed by atoms with Crippen LogP contribution in [0.1, 0.15) is 53.5 Å². The molecule has 258 valence electrons. The first-order valence-corrected chi connectivity index (χ1v) is 17.6. The fourth-order valence-electron chi connectivity index (χ4n) is 6.27. The molecule has 0 saturated heterocycles. The van der Waals surface area contributed by atoms with Gasteiger partial charge in [0.2, 0.25) is 0 Å². The summed E-state index contributed by atoms with van der Waals surface area (Å²) in [5.74, 6) is 3.44. The predicted octanol–water partition coefficient (Wildman–Crippen LogP) is 7.99. The van der Waals surface area contributed by atoms with Crippen molar-refractivity contribution in [1.29, 1.82) is 0 Å². The van der Waals surface area contributed by atoms with E-state index in [1.165, 1.54) is 53.5 Å². The van der Waals surface area contributed by atoms with Gasteiger partial charge in [0, 0.05) is 18.7 Å². The van der Waals surface area contributed by atoms with Crippen LogP contribution >= 0.6 is 0 Å². The van der Waals surface area contributed by atoms with Gasteiger partial charge in [-0.25, -0.2) is 0 Å². The molecular weight excluding hydrogens is 596 g/mol. The molecule has 0 aliphatic heterocycles. The maximum Gasteiger partial charge on any atom is 0.164 e. The third kappa shape index (κ3) is 12.2. The Hall–Kier alpha value is -4.00. The zero-order chi connectivity index (χ0) is 33.8. The van der Waals surface area contributed by atoms with Crippen molar-refractivity contribution < 1.29 is 18.9 Å². The fourth-order valence-corrected chi connectivity index (χ4v) is 6.27. The van der Waals surface area contributed by atoms with Crippen LogP contribution in [-0.4, -0.2) is 66.1 Å². The quantitative estimate of drug-likeness (QED) is 0.0821. The standard InChI is InChI=1S/C42H56N2O4/c1-45-38-21-17-35(18-22-38)27-32-44(31-26-34-13-8-7-9-14-34)30-11-6-5-10-28-43-29-25-37-20-24-41(47-3)42(48-4)40(37)23-19-36-15-12-16-39(33-36)46-2/h7-9,12-18,20-22,24,33,43H,5-6,10-11,19,23,25-32H2,1-4H3. The highest BCUT2D eigenvalue weighted by atomic mass is 16.5. The average Bonchev–Trinajstić information content (AvgIpc) is 3.14. The van der Waals surface area contributed by atoms with E-state index in [4.69, 9.17) is 18.9 Å². The zero-order valence-corrected chi connectivity index (χ0v) is 29.6. The van der Waals surface area contributed by atoms with Crippen molar-refractivity contribution in [1.82, 2.24) is 10.2 Å². The van der Waals surface area contributed by atoms with E-state index < -0.39 is 0 Å². The molecule has 0 atom stereocenters. The lowest BCUT2D eigenvalue weighted by Gasteiger charge is -2.22. The molecule has 0 bridgehead atoms. The molecular formula is C42H56N2O4. The Morgan fingerprint density at radius 3 is 1.92 bits per heavy atom. The first kappa shape index (κ1) is 36.8. The molecule has 4 aromatic rings. The Balaban J connectivity index is 1.18. The van der Waals surface area contributed by atoms with E-state index in [2.05, 4.69) is 83.0 Å². The Bertz CT molecular complexity index is 1460. The van der Waals surface area contributed by atoms with Crippen molar-refractivity contribution in [2.24, 2.45) is 0 Å². The number of aryl methyl sites for hydroxylation is 1. The second-order valence-electron chi connectivity index (χ2n) is 12.4. The van der Waals surface area contributed by atoms with Crippen LogP contribution in [0, 0.1) is 0 Å². The lowest BCUT2D eigenvalue weighted by atomic mass is 9.96. The summed E-state index contributed by atoms with van der Waals surface area (Å²) in [6, 6.07) is 31.9. The molecule has 0 aliphatic carbocycles. The maximum absolute atomic E-state index is 5.85. The van der Waals surface area contributed by atoms with Gasteiger partial charge < -0.3 is 29.2 Å². The van der Waals surface area contributed by atoms with Crippen molar-refractivity contribution in [2.45, 2.75) is 57.8 Å². The summed E-state index contributed by atoms with van der Waals surface area (Å²) in [5, 5.41) is 3.69. The largest absolute Gasteiger partial charge is 0.497 e. The van der Waals surface area contributed by atoms with Gasteiger partial charge in [0.05, 0.1) is 28.4 Å². The van der Waals surface area contributed by atoms with Gasteiger partial charge >= 0.3 is 0 Å². The minimum atomic E-state index is 0.786. The normalized spacial score (nSPS) is 11.1. The highest BCUT2D eigenvalue weighted by Crippen LogP contribution is 2.35. The van der Waals surface area contributed by atoms with Crippen molar-refractivity contribution in [2.75, 3.05) is 61.2 Å². The van der Waals surface area contributed by atoms with Crippen LogP contribution in [0.15, 0.2) is 91.0 Å². The van der Waals surface area contributed by atoms with Gasteiger partial charge in [0.1, 0.15) is 11.5 Å². The van der Waals surface area contributed by atoms with Gasteiger partial charge in [-0.3, -0.25) is 0 Å². The van der Waals surface area contributed by atoms with Crippen molar-refractivity contribution in [3.05, 3.63) is 119 Å². The molecule has 0 saturated carbocycles. The molecule has 6 nitrogen and oxygen atoms in total. The Labute approximate surface area is 289 Å². The highest BCUT2D eigenvalue weighted by Gasteiger charge is 2.15. The van der Waals surface area contributed by atoms with Crippen LogP contribution in [0.5, 0.6) is 23.0 Å². The van der Waals surface area contributed by atoms with Crippen LogP contribution in [0.3, 0.4) is 0 Å². The summed E-state index contributed by atoms with van der Waals surface area (Å²) in [6.07, 6.45) is 9.85. The average molecular weight is 653 g/mol. The number of nitrogens with zero attached hydrogens (tertiary/aromatic N) is 1. The third-order valence-corrected chi connectivity index (χ3v) is 9.13. The first-order valence-electron chi connectivity index (χ1n) is 17.6. The van der Waals surface area contributed by atoms with E-state index >= 15 is 0 Å². The second-order valence-corrected chi connectivity index (χ2v) is 12.4. The Kier molecular flexibility index (Phi) is 16.2. The summed E-state index contributed by atoms with van der Waals surface area (Å²) in [4.78, 5) is 2.64. The SMILES string of the molecule is COc1ccc(CCN(CCCCCCNCCc2ccc(OC)c(OC)c2CCc2cccc(OC)c2)CCc2ccccc2)cc1. The molecule has 0 heterocycles. The van der Waals surface area contributed by atoms with E-state index in [-0.39, 0.29) is 0 Å². The van der Waals surface area contributed by atoms with Gasteiger partial charge in [-0.15, -0.1) is 0 Å². The van der Waals surface area contributed by atoms with Crippen LogP contribution in [0.4, 0.5) is 0 Å². The molecule has 0 radical (unpaired) electrons.